The molecule has 18 heavy (non-hydrogen) atoms. The minimum absolute atomic E-state index is 0.416. The summed E-state index contributed by atoms with van der Waals surface area (Å²) in [5, 5.41) is 8.99. The molecule has 0 amide bonds. The second-order valence-corrected chi connectivity index (χ2v) is 3.95. The summed E-state index contributed by atoms with van der Waals surface area (Å²) in [6.45, 7) is 2.56. The third-order valence-corrected chi connectivity index (χ3v) is 2.48. The number of carbonyl (C=O) groups is 1. The second-order valence-electron chi connectivity index (χ2n) is 3.54. The van der Waals surface area contributed by atoms with Gasteiger partial charge in [0.1, 0.15) is 0 Å². The highest BCUT2D eigenvalue weighted by molar-refractivity contribution is 6.32. The van der Waals surface area contributed by atoms with Crippen LogP contribution in [0.4, 0.5) is 0 Å². The molecule has 0 aromatic heterocycles. The Kier molecular flexibility index (Phi) is 5.52. The van der Waals surface area contributed by atoms with E-state index in [1.807, 2.05) is 6.92 Å². The zero-order valence-corrected chi connectivity index (χ0v) is 11.0. The van der Waals surface area contributed by atoms with Crippen LogP contribution in [0.1, 0.15) is 18.9 Å². The molecule has 0 fully saturated rings. The number of ether oxygens (including phenoxy) is 2. The lowest BCUT2D eigenvalue weighted by Gasteiger charge is -2.11. The van der Waals surface area contributed by atoms with E-state index in [9.17, 15) is 4.79 Å². The summed E-state index contributed by atoms with van der Waals surface area (Å²) in [6, 6.07) is 3.27. The van der Waals surface area contributed by atoms with Crippen LogP contribution in [0.15, 0.2) is 18.2 Å². The number of hydrogen-bond donors (Lipinski definition) is 1. The van der Waals surface area contributed by atoms with E-state index in [0.29, 0.717) is 28.7 Å². The van der Waals surface area contributed by atoms with Crippen LogP contribution in [0.3, 0.4) is 0 Å². The van der Waals surface area contributed by atoms with Crippen molar-refractivity contribution < 1.29 is 19.4 Å². The van der Waals surface area contributed by atoms with Gasteiger partial charge in [-0.2, -0.15) is 0 Å². The minimum atomic E-state index is -1.03. The molecule has 0 atom stereocenters. The van der Waals surface area contributed by atoms with Gasteiger partial charge >= 0.3 is 5.97 Å². The molecule has 0 radical (unpaired) electrons. The Labute approximate surface area is 111 Å². The van der Waals surface area contributed by atoms with Crippen molar-refractivity contribution in [3.05, 3.63) is 28.8 Å². The standard InChI is InChI=1S/C13H15ClO4/c1-3-6-18-12-8-10(14)9(4-5-13(15)16)7-11(12)17-2/h4-5,7-8H,3,6H2,1-2H3,(H,15,16)/b5-4+. The molecule has 1 N–H and O–H groups in total. The van der Waals surface area contributed by atoms with Gasteiger partial charge in [0.25, 0.3) is 0 Å². The summed E-state index contributed by atoms with van der Waals surface area (Å²) in [4.78, 5) is 10.5. The molecule has 0 heterocycles. The van der Waals surface area contributed by atoms with Crippen LogP contribution in [0.5, 0.6) is 11.5 Å². The van der Waals surface area contributed by atoms with Gasteiger partial charge in [-0.3, -0.25) is 0 Å². The average molecular weight is 271 g/mol. The molecule has 0 bridgehead atoms. The van der Waals surface area contributed by atoms with E-state index in [1.54, 1.807) is 12.1 Å². The summed E-state index contributed by atoms with van der Waals surface area (Å²) in [6.07, 6.45) is 3.31. The van der Waals surface area contributed by atoms with Gasteiger partial charge < -0.3 is 14.6 Å². The number of carboxylic acids is 1. The normalized spacial score (nSPS) is 10.6. The fourth-order valence-corrected chi connectivity index (χ4v) is 1.54. The Morgan fingerprint density at radius 1 is 1.44 bits per heavy atom. The van der Waals surface area contributed by atoms with E-state index < -0.39 is 5.97 Å². The second kappa shape index (κ2) is 6.91. The molecule has 5 heteroatoms. The topological polar surface area (TPSA) is 55.8 Å². The van der Waals surface area contributed by atoms with E-state index in [1.165, 1.54) is 13.2 Å². The van der Waals surface area contributed by atoms with Gasteiger partial charge in [0, 0.05) is 12.1 Å². The first-order valence-corrected chi connectivity index (χ1v) is 5.87. The first kappa shape index (κ1) is 14.4. The van der Waals surface area contributed by atoms with Crippen LogP contribution in [0, 0.1) is 0 Å². The smallest absolute Gasteiger partial charge is 0.328 e. The molecule has 4 nitrogen and oxygen atoms in total. The molecule has 0 aliphatic rings. The zero-order chi connectivity index (χ0) is 13.5. The molecule has 0 unspecified atom stereocenters. The Morgan fingerprint density at radius 2 is 2.17 bits per heavy atom. The maximum Gasteiger partial charge on any atom is 0.328 e. The lowest BCUT2D eigenvalue weighted by atomic mass is 10.2. The van der Waals surface area contributed by atoms with Crippen molar-refractivity contribution in [2.45, 2.75) is 13.3 Å². The molecule has 0 saturated carbocycles. The first-order valence-electron chi connectivity index (χ1n) is 5.49. The molecule has 0 aliphatic heterocycles. The van der Waals surface area contributed by atoms with Crippen LogP contribution in [0.25, 0.3) is 6.08 Å². The van der Waals surface area contributed by atoms with Crippen molar-refractivity contribution >= 4 is 23.6 Å². The van der Waals surface area contributed by atoms with Gasteiger partial charge in [-0.1, -0.05) is 18.5 Å². The number of rotatable bonds is 6. The van der Waals surface area contributed by atoms with Crippen LogP contribution in [-0.2, 0) is 4.79 Å². The monoisotopic (exact) mass is 270 g/mol. The van der Waals surface area contributed by atoms with Crippen molar-refractivity contribution in [1.29, 1.82) is 0 Å². The molecule has 98 valence electrons. The lowest BCUT2D eigenvalue weighted by Crippen LogP contribution is -1.98. The van der Waals surface area contributed by atoms with Crippen LogP contribution in [0.2, 0.25) is 5.02 Å². The quantitative estimate of drug-likeness (QED) is 0.806. The van der Waals surface area contributed by atoms with Crippen molar-refractivity contribution in [2.24, 2.45) is 0 Å². The fourth-order valence-electron chi connectivity index (χ4n) is 1.32. The van der Waals surface area contributed by atoms with E-state index >= 15 is 0 Å². The molecule has 0 saturated heterocycles. The van der Waals surface area contributed by atoms with Crippen molar-refractivity contribution in [3.63, 3.8) is 0 Å². The van der Waals surface area contributed by atoms with Gasteiger partial charge in [-0.15, -0.1) is 0 Å². The van der Waals surface area contributed by atoms with Gasteiger partial charge in [0.05, 0.1) is 18.7 Å². The van der Waals surface area contributed by atoms with Crippen LogP contribution in [-0.4, -0.2) is 24.8 Å². The van der Waals surface area contributed by atoms with Gasteiger partial charge in [-0.05, 0) is 24.1 Å². The maximum absolute atomic E-state index is 10.5. The Hall–Kier alpha value is -1.68. The highest BCUT2D eigenvalue weighted by Crippen LogP contribution is 2.34. The third-order valence-electron chi connectivity index (χ3n) is 2.15. The van der Waals surface area contributed by atoms with E-state index in [-0.39, 0.29) is 0 Å². The molecular weight excluding hydrogens is 256 g/mol. The predicted molar refractivity (Wildman–Crippen MR) is 70.5 cm³/mol. The highest BCUT2D eigenvalue weighted by Gasteiger charge is 2.09. The van der Waals surface area contributed by atoms with Crippen molar-refractivity contribution in [1.82, 2.24) is 0 Å². The zero-order valence-electron chi connectivity index (χ0n) is 10.3. The SMILES string of the molecule is CCCOc1cc(Cl)c(/C=C/C(=O)O)cc1OC. The third kappa shape index (κ3) is 3.96. The average Bonchev–Trinajstić information content (AvgIpc) is 2.34. The molecular formula is C13H15ClO4. The van der Waals surface area contributed by atoms with Crippen molar-refractivity contribution in [2.75, 3.05) is 13.7 Å². The van der Waals surface area contributed by atoms with E-state index in [2.05, 4.69) is 0 Å². The molecule has 1 rings (SSSR count). The van der Waals surface area contributed by atoms with Crippen LogP contribution >= 0.6 is 11.6 Å². The summed E-state index contributed by atoms with van der Waals surface area (Å²) in [7, 11) is 1.52. The summed E-state index contributed by atoms with van der Waals surface area (Å²) >= 11 is 6.04. The maximum atomic E-state index is 10.5. The fraction of sp³-hybridized carbons (Fsp3) is 0.308. The number of hydrogen-bond acceptors (Lipinski definition) is 3. The van der Waals surface area contributed by atoms with Gasteiger partial charge in [0.2, 0.25) is 0 Å². The summed E-state index contributed by atoms with van der Waals surface area (Å²) in [5.41, 5.74) is 0.569. The Balaban J connectivity index is 3.05. The van der Waals surface area contributed by atoms with Crippen molar-refractivity contribution in [3.8, 4) is 11.5 Å². The number of halogens is 1. The number of methoxy groups -OCH3 is 1. The highest BCUT2D eigenvalue weighted by atomic mass is 35.5. The van der Waals surface area contributed by atoms with E-state index in [0.717, 1.165) is 12.5 Å². The first-order chi connectivity index (χ1) is 8.58. The van der Waals surface area contributed by atoms with Gasteiger partial charge in [0.15, 0.2) is 11.5 Å². The largest absolute Gasteiger partial charge is 0.493 e. The Morgan fingerprint density at radius 3 is 2.72 bits per heavy atom. The number of aliphatic carboxylic acids is 1. The summed E-state index contributed by atoms with van der Waals surface area (Å²) < 4.78 is 10.7. The molecule has 0 spiro atoms. The van der Waals surface area contributed by atoms with Gasteiger partial charge in [-0.25, -0.2) is 4.79 Å². The minimum Gasteiger partial charge on any atom is -0.493 e. The molecule has 0 aliphatic carbocycles. The Bertz CT molecular complexity index is 455. The number of carboxylic acid groups (broad SMARTS) is 1. The van der Waals surface area contributed by atoms with E-state index in [4.69, 9.17) is 26.2 Å². The van der Waals surface area contributed by atoms with Crippen LogP contribution < -0.4 is 9.47 Å². The molecule has 1 aromatic carbocycles. The number of benzene rings is 1. The summed E-state index contributed by atoms with van der Waals surface area (Å²) in [5.74, 6) is 0.0473. The lowest BCUT2D eigenvalue weighted by molar-refractivity contribution is -0.131. The molecule has 1 aromatic rings. The predicted octanol–water partition coefficient (Wildman–Crippen LogP) is 3.24.